The van der Waals surface area contributed by atoms with Crippen LogP contribution in [0.4, 0.5) is 0 Å². The van der Waals surface area contributed by atoms with Crippen molar-refractivity contribution in [2.75, 3.05) is 20.3 Å². The summed E-state index contributed by atoms with van der Waals surface area (Å²) in [5, 5.41) is 10.2. The molecule has 0 aromatic rings. The molecule has 1 N–H and O–H groups in total. The predicted molar refractivity (Wildman–Crippen MR) is 40.4 cm³/mol. The van der Waals surface area contributed by atoms with Crippen molar-refractivity contribution in [2.45, 2.75) is 0 Å². The number of nitrogens with one attached hydrogen (secondary N) is 1. The Hall–Kier alpha value is -0.900. The zero-order chi connectivity index (χ0) is 7.40. The maximum absolute atomic E-state index is 4.98. The molecule has 1 rings (SSSR count). The summed E-state index contributed by atoms with van der Waals surface area (Å²) in [6.45, 7) is 4.76. The second-order valence-corrected chi connectivity index (χ2v) is 2.11. The molecular formula is C6H11N3O. The van der Waals surface area contributed by atoms with Gasteiger partial charge < -0.3 is 10.1 Å². The molecule has 0 radical (unpaired) electrons. The van der Waals surface area contributed by atoms with Crippen LogP contribution in [0.5, 0.6) is 0 Å². The maximum Gasteiger partial charge on any atom is 0.132 e. The molecule has 10 heavy (non-hydrogen) atoms. The molecule has 4 heteroatoms. The molecule has 0 saturated carbocycles. The Morgan fingerprint density at radius 1 is 1.70 bits per heavy atom. The van der Waals surface area contributed by atoms with Crippen LogP contribution in [0.25, 0.3) is 0 Å². The molecule has 0 aliphatic carbocycles. The molecule has 1 fully saturated rings. The smallest absolute Gasteiger partial charge is 0.132 e. The first-order valence-electron chi connectivity index (χ1n) is 3.17. The lowest BCUT2D eigenvalue weighted by Crippen LogP contribution is -2.40. The number of amidine groups is 1. The summed E-state index contributed by atoms with van der Waals surface area (Å²) in [7, 11) is 1.82. The summed E-state index contributed by atoms with van der Waals surface area (Å²) in [6.07, 6.45) is 0. The molecule has 1 heterocycles. The van der Waals surface area contributed by atoms with Crippen molar-refractivity contribution in [2.24, 2.45) is 16.1 Å². The average Bonchev–Trinajstić information content (AvgIpc) is 1.83. The molecule has 4 nitrogen and oxygen atoms in total. The van der Waals surface area contributed by atoms with E-state index in [1.54, 1.807) is 0 Å². The Balaban J connectivity index is 2.46. The summed E-state index contributed by atoms with van der Waals surface area (Å²) in [4.78, 5) is 0. The van der Waals surface area contributed by atoms with Crippen LogP contribution in [0.3, 0.4) is 0 Å². The summed E-state index contributed by atoms with van der Waals surface area (Å²) in [5.74, 6) is 1.26. The first-order chi connectivity index (χ1) is 4.88. The van der Waals surface area contributed by atoms with Crippen molar-refractivity contribution in [3.05, 3.63) is 0 Å². The van der Waals surface area contributed by atoms with Gasteiger partial charge in [0.1, 0.15) is 5.84 Å². The summed E-state index contributed by atoms with van der Waals surface area (Å²) >= 11 is 0. The van der Waals surface area contributed by atoms with Crippen LogP contribution in [-0.2, 0) is 4.74 Å². The summed E-state index contributed by atoms with van der Waals surface area (Å²) in [5.41, 5.74) is 0. The number of ether oxygens (including phenoxy) is 1. The lowest BCUT2D eigenvalue weighted by atomic mass is 10.1. The van der Waals surface area contributed by atoms with Crippen LogP contribution in [-0.4, -0.2) is 32.8 Å². The van der Waals surface area contributed by atoms with Crippen LogP contribution in [0, 0.1) is 5.92 Å². The van der Waals surface area contributed by atoms with Gasteiger partial charge in [0.2, 0.25) is 0 Å². The molecule has 0 atom stereocenters. The van der Waals surface area contributed by atoms with Gasteiger partial charge >= 0.3 is 0 Å². The average molecular weight is 141 g/mol. The van der Waals surface area contributed by atoms with Crippen molar-refractivity contribution in [1.29, 1.82) is 0 Å². The number of hydrogen-bond acceptors (Lipinski definition) is 3. The molecular weight excluding hydrogens is 130 g/mol. The van der Waals surface area contributed by atoms with E-state index in [1.165, 1.54) is 0 Å². The topological polar surface area (TPSA) is 46.0 Å². The van der Waals surface area contributed by atoms with Crippen LogP contribution < -0.4 is 5.32 Å². The second kappa shape index (κ2) is 3.31. The first-order valence-corrected chi connectivity index (χ1v) is 3.17. The lowest BCUT2D eigenvalue weighted by molar-refractivity contribution is 0.000447. The summed E-state index contributed by atoms with van der Waals surface area (Å²) < 4.78 is 4.98. The normalized spacial score (nSPS) is 19.9. The van der Waals surface area contributed by atoms with Crippen LogP contribution in [0.2, 0.25) is 0 Å². The summed E-state index contributed by atoms with van der Waals surface area (Å²) in [6, 6.07) is 0. The molecule has 0 spiro atoms. The minimum absolute atomic E-state index is 0.399. The number of rotatable bonds is 2. The fourth-order valence-electron chi connectivity index (χ4n) is 0.806. The Labute approximate surface area is 60.0 Å². The van der Waals surface area contributed by atoms with E-state index in [1.807, 2.05) is 7.05 Å². The Kier molecular flexibility index (Phi) is 2.39. The minimum atomic E-state index is 0.399. The second-order valence-electron chi connectivity index (χ2n) is 2.11. The van der Waals surface area contributed by atoms with E-state index in [2.05, 4.69) is 22.2 Å². The standard InChI is InChI=1S/C6H11N3O/c1-7-6(9-8-2)5-3-10-4-5/h5H,2-4H2,1H3,(H,7,9). The van der Waals surface area contributed by atoms with E-state index in [0.717, 1.165) is 19.0 Å². The number of nitrogens with zero attached hydrogens (tertiary/aromatic N) is 2. The molecule has 0 aromatic heterocycles. The van der Waals surface area contributed by atoms with Gasteiger partial charge in [-0.05, 0) is 0 Å². The van der Waals surface area contributed by atoms with Gasteiger partial charge in [0.15, 0.2) is 0 Å². The molecule has 0 unspecified atom stereocenters. The molecule has 56 valence electrons. The molecule has 0 aromatic carbocycles. The van der Waals surface area contributed by atoms with Crippen molar-refractivity contribution >= 4 is 12.6 Å². The molecule has 0 amide bonds. The highest BCUT2D eigenvalue weighted by molar-refractivity contribution is 5.85. The van der Waals surface area contributed by atoms with E-state index < -0.39 is 0 Å². The zero-order valence-corrected chi connectivity index (χ0v) is 6.00. The molecule has 0 bridgehead atoms. The first kappa shape index (κ1) is 7.21. The Morgan fingerprint density at radius 2 is 2.40 bits per heavy atom. The van der Waals surface area contributed by atoms with Crippen LogP contribution in [0.15, 0.2) is 10.2 Å². The highest BCUT2D eigenvalue weighted by Crippen LogP contribution is 2.10. The van der Waals surface area contributed by atoms with Gasteiger partial charge in [0.05, 0.1) is 19.1 Å². The molecule has 1 saturated heterocycles. The van der Waals surface area contributed by atoms with Crippen LogP contribution >= 0.6 is 0 Å². The van der Waals surface area contributed by atoms with Gasteiger partial charge in [0.25, 0.3) is 0 Å². The third kappa shape index (κ3) is 1.33. The van der Waals surface area contributed by atoms with Crippen molar-refractivity contribution in [3.63, 3.8) is 0 Å². The van der Waals surface area contributed by atoms with Crippen molar-refractivity contribution < 1.29 is 4.74 Å². The fraction of sp³-hybridized carbons (Fsp3) is 0.667. The largest absolute Gasteiger partial charge is 0.380 e. The third-order valence-corrected chi connectivity index (χ3v) is 1.46. The van der Waals surface area contributed by atoms with E-state index in [4.69, 9.17) is 4.74 Å². The van der Waals surface area contributed by atoms with Gasteiger partial charge in [-0.15, -0.1) is 5.10 Å². The quantitative estimate of drug-likeness (QED) is 0.330. The van der Waals surface area contributed by atoms with Gasteiger partial charge in [-0.3, -0.25) is 0 Å². The molecule has 1 aliphatic heterocycles. The van der Waals surface area contributed by atoms with E-state index in [9.17, 15) is 0 Å². The minimum Gasteiger partial charge on any atom is -0.380 e. The third-order valence-electron chi connectivity index (χ3n) is 1.46. The van der Waals surface area contributed by atoms with E-state index >= 15 is 0 Å². The fourth-order valence-corrected chi connectivity index (χ4v) is 0.806. The monoisotopic (exact) mass is 141 g/mol. The maximum atomic E-state index is 4.98. The van der Waals surface area contributed by atoms with E-state index in [0.29, 0.717) is 5.92 Å². The van der Waals surface area contributed by atoms with Gasteiger partial charge in [-0.1, -0.05) is 0 Å². The predicted octanol–water partition coefficient (Wildman–Crippen LogP) is -0.134. The lowest BCUT2D eigenvalue weighted by Gasteiger charge is -2.26. The van der Waals surface area contributed by atoms with Crippen LogP contribution in [0.1, 0.15) is 0 Å². The Bertz CT molecular complexity index is 151. The van der Waals surface area contributed by atoms with Crippen molar-refractivity contribution in [1.82, 2.24) is 5.32 Å². The zero-order valence-electron chi connectivity index (χ0n) is 6.00. The van der Waals surface area contributed by atoms with Gasteiger partial charge in [-0.25, -0.2) is 0 Å². The molecule has 1 aliphatic rings. The van der Waals surface area contributed by atoms with Gasteiger partial charge in [-0.2, -0.15) is 5.10 Å². The Morgan fingerprint density at radius 3 is 2.70 bits per heavy atom. The van der Waals surface area contributed by atoms with Crippen molar-refractivity contribution in [3.8, 4) is 0 Å². The highest BCUT2D eigenvalue weighted by Gasteiger charge is 2.23. The SMILES string of the molecule is C=N/N=C(\NC)C1COC1. The van der Waals surface area contributed by atoms with E-state index in [-0.39, 0.29) is 0 Å². The number of hydrogen-bond donors (Lipinski definition) is 1. The highest BCUT2D eigenvalue weighted by atomic mass is 16.5. The van der Waals surface area contributed by atoms with Gasteiger partial charge in [0, 0.05) is 13.8 Å².